The van der Waals surface area contributed by atoms with E-state index in [1.165, 1.54) is 0 Å². The highest BCUT2D eigenvalue weighted by molar-refractivity contribution is 5.99. The van der Waals surface area contributed by atoms with Gasteiger partial charge in [-0.3, -0.25) is 20.4 Å². The number of amides is 2. The van der Waals surface area contributed by atoms with Crippen molar-refractivity contribution in [3.05, 3.63) is 95.6 Å². The molecule has 3 aromatic rings. The number of carbonyl (C=O) groups is 2. The number of hydrazine groups is 1. The van der Waals surface area contributed by atoms with Crippen LogP contribution in [0.15, 0.2) is 78.9 Å². The Hall–Kier alpha value is -3.80. The molecule has 0 fully saturated rings. The minimum absolute atomic E-state index is 0.397. The van der Waals surface area contributed by atoms with Crippen LogP contribution in [0.4, 0.5) is 0 Å². The Balaban J connectivity index is 1.50. The Kier molecular flexibility index (Phi) is 7.44. The summed E-state index contributed by atoms with van der Waals surface area (Å²) in [6.45, 7) is 3.03. The van der Waals surface area contributed by atoms with Gasteiger partial charge in [-0.1, -0.05) is 43.3 Å². The Morgan fingerprint density at radius 3 is 2.13 bits per heavy atom. The summed E-state index contributed by atoms with van der Waals surface area (Å²) in [6.07, 6.45) is 0.878. The van der Waals surface area contributed by atoms with Crippen LogP contribution in [0.1, 0.15) is 39.6 Å². The third-order valence-electron chi connectivity index (χ3n) is 4.22. The van der Waals surface area contributed by atoms with E-state index in [0.29, 0.717) is 35.8 Å². The van der Waals surface area contributed by atoms with Gasteiger partial charge in [-0.05, 0) is 54.4 Å². The van der Waals surface area contributed by atoms with Crippen molar-refractivity contribution < 1.29 is 19.1 Å². The van der Waals surface area contributed by atoms with Gasteiger partial charge in [-0.15, -0.1) is 0 Å². The summed E-state index contributed by atoms with van der Waals surface area (Å²) in [7, 11) is 0. The monoisotopic (exact) mass is 404 g/mol. The molecule has 0 saturated heterocycles. The minimum atomic E-state index is -0.423. The molecule has 30 heavy (non-hydrogen) atoms. The molecule has 0 atom stereocenters. The number of ether oxygens (including phenoxy) is 2. The van der Waals surface area contributed by atoms with Gasteiger partial charge >= 0.3 is 0 Å². The van der Waals surface area contributed by atoms with Crippen LogP contribution in [-0.4, -0.2) is 18.4 Å². The lowest BCUT2D eigenvalue weighted by Gasteiger charge is -2.10. The van der Waals surface area contributed by atoms with Gasteiger partial charge in [-0.25, -0.2) is 0 Å². The first-order valence-corrected chi connectivity index (χ1v) is 9.76. The van der Waals surface area contributed by atoms with Gasteiger partial charge in [0.25, 0.3) is 11.8 Å². The molecule has 2 N–H and O–H groups in total. The van der Waals surface area contributed by atoms with Gasteiger partial charge < -0.3 is 9.47 Å². The maximum Gasteiger partial charge on any atom is 0.269 e. The molecule has 3 rings (SSSR count). The van der Waals surface area contributed by atoms with Gasteiger partial charge in [0.05, 0.1) is 6.61 Å². The fourth-order valence-electron chi connectivity index (χ4n) is 2.65. The molecule has 2 amide bonds. The van der Waals surface area contributed by atoms with Crippen LogP contribution < -0.4 is 20.3 Å². The predicted octanol–water partition coefficient (Wildman–Crippen LogP) is 4.13. The molecule has 3 aromatic carbocycles. The molecule has 0 spiro atoms. The number of nitrogens with one attached hydrogen (secondary N) is 2. The van der Waals surface area contributed by atoms with Crippen molar-refractivity contribution in [3.63, 3.8) is 0 Å². The van der Waals surface area contributed by atoms with Crippen molar-refractivity contribution in [2.45, 2.75) is 20.0 Å². The van der Waals surface area contributed by atoms with Crippen molar-refractivity contribution in [2.75, 3.05) is 6.61 Å². The number of rotatable bonds is 8. The maximum absolute atomic E-state index is 12.3. The zero-order valence-electron chi connectivity index (χ0n) is 16.8. The lowest BCUT2D eigenvalue weighted by molar-refractivity contribution is 0.0846. The molecule has 0 aliphatic rings. The van der Waals surface area contributed by atoms with Crippen molar-refractivity contribution in [1.82, 2.24) is 10.9 Å². The van der Waals surface area contributed by atoms with E-state index in [0.717, 1.165) is 12.0 Å². The summed E-state index contributed by atoms with van der Waals surface area (Å²) in [5.41, 5.74) is 6.70. The van der Waals surface area contributed by atoms with E-state index >= 15 is 0 Å². The minimum Gasteiger partial charge on any atom is -0.494 e. The summed E-state index contributed by atoms with van der Waals surface area (Å²) in [6, 6.07) is 23.3. The lowest BCUT2D eigenvalue weighted by atomic mass is 10.2. The van der Waals surface area contributed by atoms with Gasteiger partial charge in [0.1, 0.15) is 18.1 Å². The molecule has 0 aliphatic heterocycles. The largest absolute Gasteiger partial charge is 0.494 e. The van der Waals surface area contributed by atoms with Crippen LogP contribution in [0.25, 0.3) is 0 Å². The molecule has 0 saturated carbocycles. The first-order chi connectivity index (χ1) is 14.7. The van der Waals surface area contributed by atoms with Gasteiger partial charge in [0.2, 0.25) is 0 Å². The summed E-state index contributed by atoms with van der Waals surface area (Å²) < 4.78 is 11.2. The summed E-state index contributed by atoms with van der Waals surface area (Å²) in [5.74, 6) is 0.426. The Labute approximate surface area is 175 Å². The Morgan fingerprint density at radius 2 is 1.43 bits per heavy atom. The normalized spacial score (nSPS) is 10.2. The zero-order chi connectivity index (χ0) is 21.2. The fraction of sp³-hybridized carbons (Fsp3) is 0.167. The molecule has 0 aliphatic carbocycles. The standard InChI is InChI=1S/C24H24N2O4/c1-2-15-29-22-10-6-9-20(16-22)24(28)26-25-23(27)19-11-13-21(14-12-19)30-17-18-7-4-3-5-8-18/h3-14,16H,2,15,17H2,1H3,(H,25,27)(H,26,28). The summed E-state index contributed by atoms with van der Waals surface area (Å²) in [4.78, 5) is 24.6. The molecule has 0 bridgehead atoms. The van der Waals surface area contributed by atoms with Crippen LogP contribution in [0.2, 0.25) is 0 Å². The van der Waals surface area contributed by atoms with E-state index in [2.05, 4.69) is 10.9 Å². The number of hydrogen-bond acceptors (Lipinski definition) is 4. The molecule has 0 aromatic heterocycles. The first kappa shape index (κ1) is 20.9. The Morgan fingerprint density at radius 1 is 0.733 bits per heavy atom. The second kappa shape index (κ2) is 10.7. The van der Waals surface area contributed by atoms with E-state index in [1.54, 1.807) is 48.5 Å². The van der Waals surface area contributed by atoms with E-state index < -0.39 is 11.8 Å². The van der Waals surface area contributed by atoms with Crippen LogP contribution in [-0.2, 0) is 6.61 Å². The van der Waals surface area contributed by atoms with Crippen molar-refractivity contribution in [3.8, 4) is 11.5 Å². The first-order valence-electron chi connectivity index (χ1n) is 9.76. The highest BCUT2D eigenvalue weighted by Crippen LogP contribution is 2.15. The number of carbonyl (C=O) groups excluding carboxylic acids is 2. The van der Waals surface area contributed by atoms with Crippen molar-refractivity contribution in [1.29, 1.82) is 0 Å². The molecule has 154 valence electrons. The predicted molar refractivity (Wildman–Crippen MR) is 114 cm³/mol. The van der Waals surface area contributed by atoms with E-state index in [1.807, 2.05) is 37.3 Å². The summed E-state index contributed by atoms with van der Waals surface area (Å²) >= 11 is 0. The Bertz CT molecular complexity index is 972. The van der Waals surface area contributed by atoms with Crippen LogP contribution in [0.5, 0.6) is 11.5 Å². The molecular weight excluding hydrogens is 380 g/mol. The number of benzene rings is 3. The molecule has 0 unspecified atom stereocenters. The van der Waals surface area contributed by atoms with Gasteiger partial charge in [0, 0.05) is 11.1 Å². The second-order valence-corrected chi connectivity index (χ2v) is 6.58. The highest BCUT2D eigenvalue weighted by atomic mass is 16.5. The second-order valence-electron chi connectivity index (χ2n) is 6.58. The molecule has 6 nitrogen and oxygen atoms in total. The van der Waals surface area contributed by atoms with E-state index in [-0.39, 0.29) is 0 Å². The lowest BCUT2D eigenvalue weighted by Crippen LogP contribution is -2.41. The van der Waals surface area contributed by atoms with Crippen LogP contribution in [0, 0.1) is 0 Å². The average Bonchev–Trinajstić information content (AvgIpc) is 2.81. The quantitative estimate of drug-likeness (QED) is 0.554. The molecule has 0 heterocycles. The summed E-state index contributed by atoms with van der Waals surface area (Å²) in [5, 5.41) is 0. The average molecular weight is 404 g/mol. The maximum atomic E-state index is 12.3. The van der Waals surface area contributed by atoms with Gasteiger partial charge in [0.15, 0.2) is 0 Å². The molecular formula is C24H24N2O4. The van der Waals surface area contributed by atoms with E-state index in [4.69, 9.17) is 9.47 Å². The van der Waals surface area contributed by atoms with Crippen molar-refractivity contribution in [2.24, 2.45) is 0 Å². The van der Waals surface area contributed by atoms with Crippen molar-refractivity contribution >= 4 is 11.8 Å². The van der Waals surface area contributed by atoms with Crippen LogP contribution >= 0.6 is 0 Å². The smallest absolute Gasteiger partial charge is 0.269 e. The third-order valence-corrected chi connectivity index (χ3v) is 4.22. The zero-order valence-corrected chi connectivity index (χ0v) is 16.8. The van der Waals surface area contributed by atoms with Crippen LogP contribution in [0.3, 0.4) is 0 Å². The third kappa shape index (κ3) is 6.10. The molecule has 6 heteroatoms. The topological polar surface area (TPSA) is 76.7 Å². The number of hydrogen-bond donors (Lipinski definition) is 2. The highest BCUT2D eigenvalue weighted by Gasteiger charge is 2.10. The molecule has 0 radical (unpaired) electrons. The van der Waals surface area contributed by atoms with Gasteiger partial charge in [-0.2, -0.15) is 0 Å². The van der Waals surface area contributed by atoms with E-state index in [9.17, 15) is 9.59 Å². The fourth-order valence-corrected chi connectivity index (χ4v) is 2.65. The SMILES string of the molecule is CCCOc1cccc(C(=O)NNC(=O)c2ccc(OCc3ccccc3)cc2)c1.